The molecule has 0 aliphatic carbocycles. The molecular weight excluding hydrogens is 240 g/mol. The second-order valence-electron chi connectivity index (χ2n) is 5.73. The summed E-state index contributed by atoms with van der Waals surface area (Å²) < 4.78 is 5.64. The highest BCUT2D eigenvalue weighted by Crippen LogP contribution is 2.27. The Morgan fingerprint density at radius 1 is 1.42 bits per heavy atom. The van der Waals surface area contributed by atoms with Crippen molar-refractivity contribution in [2.75, 3.05) is 24.5 Å². The van der Waals surface area contributed by atoms with Gasteiger partial charge in [-0.15, -0.1) is 0 Å². The minimum absolute atomic E-state index is 0.144. The molecule has 2 saturated heterocycles. The molecule has 5 nitrogen and oxygen atoms in total. The van der Waals surface area contributed by atoms with Crippen molar-refractivity contribution in [1.29, 1.82) is 0 Å². The van der Waals surface area contributed by atoms with Crippen LogP contribution in [0.2, 0.25) is 0 Å². The van der Waals surface area contributed by atoms with Gasteiger partial charge in [-0.1, -0.05) is 0 Å². The number of nitrogens with zero attached hydrogens (tertiary/aromatic N) is 3. The molecule has 19 heavy (non-hydrogen) atoms. The van der Waals surface area contributed by atoms with Gasteiger partial charge in [-0.25, -0.2) is 4.98 Å². The van der Waals surface area contributed by atoms with Crippen molar-refractivity contribution in [3.63, 3.8) is 0 Å². The predicted molar refractivity (Wildman–Crippen MR) is 74.5 cm³/mol. The number of hydrogen-bond donors (Lipinski definition) is 1. The van der Waals surface area contributed by atoms with Gasteiger partial charge >= 0.3 is 0 Å². The van der Waals surface area contributed by atoms with E-state index < -0.39 is 0 Å². The lowest BCUT2D eigenvalue weighted by atomic mass is 9.94. The molecule has 0 bridgehead atoms. The highest BCUT2D eigenvalue weighted by molar-refractivity contribution is 5.35. The third-order valence-corrected chi connectivity index (χ3v) is 3.86. The second kappa shape index (κ2) is 5.33. The minimum Gasteiger partial charge on any atom is -0.475 e. The Morgan fingerprint density at radius 2 is 2.32 bits per heavy atom. The quantitative estimate of drug-likeness (QED) is 0.893. The molecule has 0 radical (unpaired) electrons. The summed E-state index contributed by atoms with van der Waals surface area (Å²) in [6, 6.07) is 2.43. The number of rotatable bonds is 3. The van der Waals surface area contributed by atoms with Crippen LogP contribution in [0.1, 0.15) is 26.7 Å². The molecule has 5 heteroatoms. The van der Waals surface area contributed by atoms with Crippen molar-refractivity contribution in [2.24, 2.45) is 5.92 Å². The normalized spacial score (nSPS) is 26.6. The minimum atomic E-state index is 0.144. The molecule has 0 saturated carbocycles. The topological polar surface area (TPSA) is 50.3 Å². The van der Waals surface area contributed by atoms with Crippen LogP contribution in [0, 0.1) is 5.92 Å². The lowest BCUT2D eigenvalue weighted by Crippen LogP contribution is -2.40. The lowest BCUT2D eigenvalue weighted by Gasteiger charge is -2.24. The van der Waals surface area contributed by atoms with Crippen LogP contribution in [0.4, 0.5) is 5.95 Å². The number of piperidine rings is 1. The first-order valence-corrected chi connectivity index (χ1v) is 7.20. The Bertz CT molecular complexity index is 423. The van der Waals surface area contributed by atoms with E-state index in [0.717, 1.165) is 31.5 Å². The number of ether oxygens (including phenoxy) is 1. The fourth-order valence-corrected chi connectivity index (χ4v) is 3.00. The molecule has 0 amide bonds. The summed E-state index contributed by atoms with van der Waals surface area (Å²) in [6.45, 7) is 7.23. The maximum absolute atomic E-state index is 5.64. The smallest absolute Gasteiger partial charge is 0.228 e. The van der Waals surface area contributed by atoms with Gasteiger partial charge in [-0.05, 0) is 39.2 Å². The summed E-state index contributed by atoms with van der Waals surface area (Å²) in [7, 11) is 0. The first kappa shape index (κ1) is 12.7. The summed E-state index contributed by atoms with van der Waals surface area (Å²) in [5.74, 6) is 2.21. The summed E-state index contributed by atoms with van der Waals surface area (Å²) >= 11 is 0. The molecule has 2 aliphatic rings. The Labute approximate surface area is 114 Å². The van der Waals surface area contributed by atoms with Gasteiger partial charge in [0.1, 0.15) is 0 Å². The molecule has 3 rings (SSSR count). The van der Waals surface area contributed by atoms with Gasteiger partial charge < -0.3 is 15.0 Å². The van der Waals surface area contributed by atoms with Crippen molar-refractivity contribution >= 4 is 5.95 Å². The summed E-state index contributed by atoms with van der Waals surface area (Å²) in [5.41, 5.74) is 0. The molecule has 104 valence electrons. The summed E-state index contributed by atoms with van der Waals surface area (Å²) in [4.78, 5) is 11.2. The molecular formula is C14H22N4O. The lowest BCUT2D eigenvalue weighted by molar-refractivity contribution is 0.232. The molecule has 0 unspecified atom stereocenters. The van der Waals surface area contributed by atoms with Gasteiger partial charge in [0.15, 0.2) is 0 Å². The third-order valence-electron chi connectivity index (χ3n) is 3.86. The molecule has 1 N–H and O–H groups in total. The highest BCUT2D eigenvalue weighted by atomic mass is 16.5. The Kier molecular flexibility index (Phi) is 3.55. The Morgan fingerprint density at radius 3 is 3.11 bits per heavy atom. The maximum Gasteiger partial charge on any atom is 0.228 e. The summed E-state index contributed by atoms with van der Waals surface area (Å²) in [6.07, 6.45) is 4.53. The van der Waals surface area contributed by atoms with Crippen molar-refractivity contribution in [2.45, 2.75) is 38.8 Å². The Hall–Kier alpha value is -1.36. The summed E-state index contributed by atoms with van der Waals surface area (Å²) in [5, 5.41) is 3.60. The molecule has 3 heterocycles. The van der Waals surface area contributed by atoms with Crippen LogP contribution in [0.3, 0.4) is 0 Å². The average molecular weight is 262 g/mol. The van der Waals surface area contributed by atoms with E-state index in [1.54, 1.807) is 6.20 Å². The zero-order chi connectivity index (χ0) is 13.2. The first-order chi connectivity index (χ1) is 9.22. The van der Waals surface area contributed by atoms with Crippen molar-refractivity contribution in [1.82, 2.24) is 15.3 Å². The largest absolute Gasteiger partial charge is 0.475 e. The van der Waals surface area contributed by atoms with E-state index in [-0.39, 0.29) is 6.10 Å². The molecule has 2 atom stereocenters. The van der Waals surface area contributed by atoms with Gasteiger partial charge in [-0.2, -0.15) is 4.98 Å². The third kappa shape index (κ3) is 2.81. The van der Waals surface area contributed by atoms with Crippen LogP contribution < -0.4 is 15.0 Å². The fourth-order valence-electron chi connectivity index (χ4n) is 3.00. The standard InChI is InChI=1S/C14H22N4O/c1-10(2)19-13-5-7-16-14(17-13)18-8-11-4-3-6-15-12(11)9-18/h5,7,10-12,15H,3-4,6,8-9H2,1-2H3/t11-,12+/m0/s1. The van der Waals surface area contributed by atoms with Gasteiger partial charge in [0.2, 0.25) is 11.8 Å². The Balaban J connectivity index is 1.72. The second-order valence-corrected chi connectivity index (χ2v) is 5.73. The number of nitrogens with one attached hydrogen (secondary N) is 1. The fraction of sp³-hybridized carbons (Fsp3) is 0.714. The van der Waals surface area contributed by atoms with E-state index in [0.29, 0.717) is 11.9 Å². The van der Waals surface area contributed by atoms with E-state index in [9.17, 15) is 0 Å². The molecule has 0 spiro atoms. The molecule has 1 aromatic heterocycles. The SMILES string of the molecule is CC(C)Oc1ccnc(N2C[C@@H]3CCCN[C@@H]3C2)n1. The van der Waals surface area contributed by atoms with E-state index in [1.165, 1.54) is 12.8 Å². The van der Waals surface area contributed by atoms with Gasteiger partial charge in [0.05, 0.1) is 6.10 Å². The zero-order valence-electron chi connectivity index (χ0n) is 11.7. The van der Waals surface area contributed by atoms with Gasteiger partial charge in [-0.3, -0.25) is 0 Å². The maximum atomic E-state index is 5.64. The number of hydrogen-bond acceptors (Lipinski definition) is 5. The van der Waals surface area contributed by atoms with E-state index >= 15 is 0 Å². The van der Waals surface area contributed by atoms with Gasteiger partial charge in [0.25, 0.3) is 0 Å². The monoisotopic (exact) mass is 262 g/mol. The average Bonchev–Trinajstić information content (AvgIpc) is 2.82. The van der Waals surface area contributed by atoms with Crippen molar-refractivity contribution < 1.29 is 4.74 Å². The van der Waals surface area contributed by atoms with Crippen LogP contribution in [-0.4, -0.2) is 41.7 Å². The molecule has 0 aromatic carbocycles. The van der Waals surface area contributed by atoms with E-state index in [4.69, 9.17) is 4.74 Å². The molecule has 2 fully saturated rings. The van der Waals surface area contributed by atoms with Gasteiger partial charge in [0, 0.05) is 31.4 Å². The number of aromatic nitrogens is 2. The van der Waals surface area contributed by atoms with Crippen LogP contribution in [0.15, 0.2) is 12.3 Å². The van der Waals surface area contributed by atoms with Crippen LogP contribution >= 0.6 is 0 Å². The highest BCUT2D eigenvalue weighted by Gasteiger charge is 2.35. The van der Waals surface area contributed by atoms with E-state index in [2.05, 4.69) is 20.2 Å². The van der Waals surface area contributed by atoms with Crippen molar-refractivity contribution in [3.05, 3.63) is 12.3 Å². The molecule has 1 aromatic rings. The van der Waals surface area contributed by atoms with Crippen molar-refractivity contribution in [3.8, 4) is 5.88 Å². The van der Waals surface area contributed by atoms with Crippen LogP contribution in [0.25, 0.3) is 0 Å². The first-order valence-electron chi connectivity index (χ1n) is 7.20. The predicted octanol–water partition coefficient (Wildman–Crippen LogP) is 1.45. The number of fused-ring (bicyclic) bond motifs is 1. The zero-order valence-corrected chi connectivity index (χ0v) is 11.7. The van der Waals surface area contributed by atoms with Crippen LogP contribution in [0.5, 0.6) is 5.88 Å². The van der Waals surface area contributed by atoms with Crippen LogP contribution in [-0.2, 0) is 0 Å². The van der Waals surface area contributed by atoms with E-state index in [1.807, 2.05) is 19.9 Å². The molecule has 2 aliphatic heterocycles. The number of anilines is 1.